The molecule has 0 amide bonds. The van der Waals surface area contributed by atoms with Crippen LogP contribution in [0.4, 0.5) is 0 Å². The first-order valence-electron chi connectivity index (χ1n) is 3.93. The third-order valence-corrected chi connectivity index (χ3v) is 2.78. The van der Waals surface area contributed by atoms with Gasteiger partial charge in [0.15, 0.2) is 0 Å². The smallest absolute Gasteiger partial charge is 0.0900 e. The number of aliphatic hydroxyl groups is 1. The van der Waals surface area contributed by atoms with E-state index in [2.05, 4.69) is 4.98 Å². The van der Waals surface area contributed by atoms with Crippen LogP contribution in [0.5, 0.6) is 0 Å². The highest BCUT2D eigenvalue weighted by Gasteiger charge is 2.08. The Balaban J connectivity index is 2.68. The van der Waals surface area contributed by atoms with E-state index < -0.39 is 0 Å². The SMILES string of the molecule is Cc1nc(C)c(CC(N)CO)s1. The molecule has 0 aliphatic heterocycles. The molecule has 1 aromatic rings. The van der Waals surface area contributed by atoms with Gasteiger partial charge in [0.1, 0.15) is 0 Å². The Hall–Kier alpha value is -0.450. The van der Waals surface area contributed by atoms with E-state index in [1.54, 1.807) is 11.3 Å². The van der Waals surface area contributed by atoms with Crippen LogP contribution in [0.2, 0.25) is 0 Å². The molecule has 0 fully saturated rings. The van der Waals surface area contributed by atoms with Crippen molar-refractivity contribution in [2.45, 2.75) is 26.3 Å². The minimum atomic E-state index is -0.149. The largest absolute Gasteiger partial charge is 0.395 e. The Bertz CT molecular complexity index is 260. The fourth-order valence-electron chi connectivity index (χ4n) is 1.07. The van der Waals surface area contributed by atoms with Crippen molar-refractivity contribution >= 4 is 11.3 Å². The molecule has 0 saturated heterocycles. The molecule has 4 heteroatoms. The number of aliphatic hydroxyl groups excluding tert-OH is 1. The summed E-state index contributed by atoms with van der Waals surface area (Å²) in [4.78, 5) is 5.47. The van der Waals surface area contributed by atoms with Gasteiger partial charge in [-0.05, 0) is 13.8 Å². The summed E-state index contributed by atoms with van der Waals surface area (Å²) in [5, 5.41) is 9.82. The van der Waals surface area contributed by atoms with Gasteiger partial charge in [0.2, 0.25) is 0 Å². The van der Waals surface area contributed by atoms with Gasteiger partial charge in [0.25, 0.3) is 0 Å². The number of thiazole rings is 1. The second kappa shape index (κ2) is 3.98. The summed E-state index contributed by atoms with van der Waals surface area (Å²) < 4.78 is 0. The van der Waals surface area contributed by atoms with Crippen molar-refractivity contribution in [1.29, 1.82) is 0 Å². The van der Waals surface area contributed by atoms with Crippen LogP contribution in [0.25, 0.3) is 0 Å². The first-order chi connectivity index (χ1) is 5.63. The highest BCUT2D eigenvalue weighted by atomic mass is 32.1. The molecule has 1 atom stereocenters. The van der Waals surface area contributed by atoms with Crippen molar-refractivity contribution in [1.82, 2.24) is 4.98 Å². The lowest BCUT2D eigenvalue weighted by molar-refractivity contribution is 0.265. The summed E-state index contributed by atoms with van der Waals surface area (Å²) in [5.74, 6) is 0. The average Bonchev–Trinajstić information content (AvgIpc) is 2.30. The highest BCUT2D eigenvalue weighted by molar-refractivity contribution is 7.11. The number of hydrogen-bond donors (Lipinski definition) is 2. The fraction of sp³-hybridized carbons (Fsp3) is 0.625. The lowest BCUT2D eigenvalue weighted by Gasteiger charge is -2.05. The second-order valence-electron chi connectivity index (χ2n) is 2.89. The summed E-state index contributed by atoms with van der Waals surface area (Å²) in [6, 6.07) is -0.149. The van der Waals surface area contributed by atoms with Crippen LogP contribution in [0, 0.1) is 13.8 Å². The molecular formula is C8H14N2OS. The van der Waals surface area contributed by atoms with Gasteiger partial charge in [0, 0.05) is 17.3 Å². The Kier molecular flexibility index (Phi) is 3.20. The third kappa shape index (κ3) is 2.27. The molecule has 3 N–H and O–H groups in total. The Morgan fingerprint density at radius 2 is 2.25 bits per heavy atom. The van der Waals surface area contributed by atoms with Crippen molar-refractivity contribution in [3.05, 3.63) is 15.6 Å². The van der Waals surface area contributed by atoms with E-state index in [4.69, 9.17) is 10.8 Å². The Labute approximate surface area is 76.3 Å². The molecule has 3 nitrogen and oxygen atoms in total. The van der Waals surface area contributed by atoms with Gasteiger partial charge in [-0.3, -0.25) is 0 Å². The van der Waals surface area contributed by atoms with Crippen LogP contribution in [-0.4, -0.2) is 22.7 Å². The summed E-state index contributed by atoms with van der Waals surface area (Å²) >= 11 is 1.66. The van der Waals surface area contributed by atoms with Crippen LogP contribution in [-0.2, 0) is 6.42 Å². The average molecular weight is 186 g/mol. The highest BCUT2D eigenvalue weighted by Crippen LogP contribution is 2.18. The number of nitrogens with zero attached hydrogens (tertiary/aromatic N) is 1. The molecular weight excluding hydrogens is 172 g/mol. The quantitative estimate of drug-likeness (QED) is 0.727. The summed E-state index contributed by atoms with van der Waals surface area (Å²) in [6.45, 7) is 3.99. The van der Waals surface area contributed by atoms with E-state index in [-0.39, 0.29) is 12.6 Å². The monoisotopic (exact) mass is 186 g/mol. The lowest BCUT2D eigenvalue weighted by Crippen LogP contribution is -2.26. The molecule has 0 aliphatic rings. The van der Waals surface area contributed by atoms with Crippen molar-refractivity contribution in [3.8, 4) is 0 Å². The van der Waals surface area contributed by atoms with Crippen LogP contribution in [0.1, 0.15) is 15.6 Å². The van der Waals surface area contributed by atoms with Gasteiger partial charge in [-0.25, -0.2) is 4.98 Å². The molecule has 12 heavy (non-hydrogen) atoms. The zero-order valence-corrected chi connectivity index (χ0v) is 8.19. The van der Waals surface area contributed by atoms with Crippen LogP contribution in [0.15, 0.2) is 0 Å². The zero-order chi connectivity index (χ0) is 9.14. The molecule has 0 radical (unpaired) electrons. The number of rotatable bonds is 3. The van der Waals surface area contributed by atoms with E-state index in [1.807, 2.05) is 13.8 Å². The maximum Gasteiger partial charge on any atom is 0.0900 e. The number of nitrogens with two attached hydrogens (primary N) is 1. The van der Waals surface area contributed by atoms with Crippen molar-refractivity contribution in [2.24, 2.45) is 5.73 Å². The normalized spacial score (nSPS) is 13.3. The van der Waals surface area contributed by atoms with E-state index in [0.717, 1.165) is 17.1 Å². The molecule has 68 valence electrons. The van der Waals surface area contributed by atoms with Crippen LogP contribution < -0.4 is 5.73 Å². The maximum absolute atomic E-state index is 8.75. The number of aromatic nitrogens is 1. The first-order valence-corrected chi connectivity index (χ1v) is 4.74. The molecule has 0 saturated carbocycles. The van der Waals surface area contributed by atoms with Crippen molar-refractivity contribution in [3.63, 3.8) is 0 Å². The van der Waals surface area contributed by atoms with E-state index in [9.17, 15) is 0 Å². The topological polar surface area (TPSA) is 59.1 Å². The third-order valence-electron chi connectivity index (χ3n) is 1.68. The second-order valence-corrected chi connectivity index (χ2v) is 4.18. The maximum atomic E-state index is 8.75. The van der Waals surface area contributed by atoms with Gasteiger partial charge >= 0.3 is 0 Å². The van der Waals surface area contributed by atoms with Gasteiger partial charge in [-0.1, -0.05) is 0 Å². The van der Waals surface area contributed by atoms with Crippen molar-refractivity contribution in [2.75, 3.05) is 6.61 Å². The number of hydrogen-bond acceptors (Lipinski definition) is 4. The summed E-state index contributed by atoms with van der Waals surface area (Å²) in [5.41, 5.74) is 6.65. The summed E-state index contributed by atoms with van der Waals surface area (Å²) in [7, 11) is 0. The zero-order valence-electron chi connectivity index (χ0n) is 7.37. The molecule has 1 rings (SSSR count). The molecule has 1 aromatic heterocycles. The first kappa shape index (κ1) is 9.64. The summed E-state index contributed by atoms with van der Waals surface area (Å²) in [6.07, 6.45) is 0.730. The van der Waals surface area contributed by atoms with E-state index in [1.165, 1.54) is 4.88 Å². The standard InChI is InChI=1S/C8H14N2OS/c1-5-8(3-7(9)4-11)12-6(2)10-5/h7,11H,3-4,9H2,1-2H3. The molecule has 0 aliphatic carbocycles. The van der Waals surface area contributed by atoms with E-state index >= 15 is 0 Å². The van der Waals surface area contributed by atoms with Gasteiger partial charge < -0.3 is 10.8 Å². The van der Waals surface area contributed by atoms with Gasteiger partial charge in [0.05, 0.1) is 17.3 Å². The van der Waals surface area contributed by atoms with E-state index in [0.29, 0.717) is 0 Å². The molecule has 0 aromatic carbocycles. The van der Waals surface area contributed by atoms with Crippen LogP contribution in [0.3, 0.4) is 0 Å². The Morgan fingerprint density at radius 3 is 2.67 bits per heavy atom. The minimum Gasteiger partial charge on any atom is -0.395 e. The number of aryl methyl sites for hydroxylation is 2. The van der Waals surface area contributed by atoms with Gasteiger partial charge in [-0.15, -0.1) is 11.3 Å². The molecule has 1 heterocycles. The fourth-order valence-corrected chi connectivity index (χ4v) is 2.10. The molecule has 1 unspecified atom stereocenters. The van der Waals surface area contributed by atoms with Crippen LogP contribution >= 0.6 is 11.3 Å². The van der Waals surface area contributed by atoms with Crippen molar-refractivity contribution < 1.29 is 5.11 Å². The van der Waals surface area contributed by atoms with Gasteiger partial charge in [-0.2, -0.15) is 0 Å². The molecule has 0 bridgehead atoms. The Morgan fingerprint density at radius 1 is 1.58 bits per heavy atom. The minimum absolute atomic E-state index is 0.0381. The predicted octanol–water partition coefficient (Wildman–Crippen LogP) is 0.622. The predicted molar refractivity (Wildman–Crippen MR) is 50.4 cm³/mol. The lowest BCUT2D eigenvalue weighted by atomic mass is 10.2. The molecule has 0 spiro atoms.